The van der Waals surface area contributed by atoms with E-state index in [1.165, 1.54) is 18.3 Å². The van der Waals surface area contributed by atoms with Gasteiger partial charge in [0.1, 0.15) is 11.4 Å². The zero-order valence-corrected chi connectivity index (χ0v) is 19.8. The fourth-order valence-corrected chi connectivity index (χ4v) is 4.81. The normalized spacial score (nSPS) is 11.6. The maximum absolute atomic E-state index is 12.6. The fourth-order valence-electron chi connectivity index (χ4n) is 3.38. The number of para-hydroxylation sites is 1. The summed E-state index contributed by atoms with van der Waals surface area (Å²) in [6.07, 6.45) is -1.05. The summed E-state index contributed by atoms with van der Waals surface area (Å²) in [5.41, 5.74) is 2.41. The Hall–Kier alpha value is -3.68. The van der Waals surface area contributed by atoms with Crippen molar-refractivity contribution in [3.8, 4) is 11.1 Å². The molecule has 0 bridgehead atoms. The molecule has 1 aromatic heterocycles. The highest BCUT2D eigenvalue weighted by Gasteiger charge is 2.21. The molecule has 8 heteroatoms. The fraction of sp³-hybridized carbons (Fsp3) is 0.115. The molecule has 0 saturated heterocycles. The van der Waals surface area contributed by atoms with Gasteiger partial charge in [-0.25, -0.2) is 0 Å². The van der Waals surface area contributed by atoms with Crippen molar-refractivity contribution in [2.24, 2.45) is 0 Å². The van der Waals surface area contributed by atoms with Gasteiger partial charge >= 0.3 is 5.97 Å². The predicted octanol–water partition coefficient (Wildman–Crippen LogP) is 5.52. The lowest BCUT2D eigenvalue weighted by atomic mass is 10.0. The maximum atomic E-state index is 12.6. The van der Waals surface area contributed by atoms with Crippen molar-refractivity contribution in [2.75, 3.05) is 11.9 Å². The molecule has 2 N–H and O–H groups in total. The Bertz CT molecular complexity index is 1350. The first-order valence-corrected chi connectivity index (χ1v) is 11.7. The average Bonchev–Trinajstić information content (AvgIpc) is 3.20. The zero-order chi connectivity index (χ0) is 24.1. The summed E-state index contributed by atoms with van der Waals surface area (Å²) < 4.78 is 6.09. The Labute approximate surface area is 205 Å². The summed E-state index contributed by atoms with van der Waals surface area (Å²) >= 11 is 7.55. The smallest absolute Gasteiger partial charge is 0.326 e. The van der Waals surface area contributed by atoms with Gasteiger partial charge in [-0.3, -0.25) is 14.4 Å². The molecule has 2 amide bonds. The first kappa shape index (κ1) is 23.5. The Balaban J connectivity index is 1.34. The third-order valence-corrected chi connectivity index (χ3v) is 6.76. The Morgan fingerprint density at radius 3 is 2.38 bits per heavy atom. The van der Waals surface area contributed by atoms with Gasteiger partial charge in [-0.05, 0) is 24.6 Å². The lowest BCUT2D eigenvalue weighted by molar-refractivity contribution is -0.152. The Morgan fingerprint density at radius 2 is 1.62 bits per heavy atom. The van der Waals surface area contributed by atoms with E-state index in [-0.39, 0.29) is 6.54 Å². The van der Waals surface area contributed by atoms with Crippen LogP contribution in [0.5, 0.6) is 0 Å². The van der Waals surface area contributed by atoms with Crippen molar-refractivity contribution in [1.82, 2.24) is 5.32 Å². The van der Waals surface area contributed by atoms with Crippen molar-refractivity contribution >= 4 is 56.5 Å². The number of nitrogens with one attached hydrogen (secondary N) is 2. The van der Waals surface area contributed by atoms with E-state index in [4.69, 9.17) is 16.3 Å². The van der Waals surface area contributed by atoms with Gasteiger partial charge in [0.05, 0.1) is 5.02 Å². The molecule has 0 aliphatic carbocycles. The Morgan fingerprint density at radius 1 is 0.941 bits per heavy atom. The number of carbonyl (C=O) groups is 3. The second-order valence-electron chi connectivity index (χ2n) is 7.46. The van der Waals surface area contributed by atoms with Crippen molar-refractivity contribution in [3.63, 3.8) is 0 Å². The van der Waals surface area contributed by atoms with Crippen LogP contribution < -0.4 is 10.6 Å². The highest BCUT2D eigenvalue weighted by atomic mass is 35.5. The minimum Gasteiger partial charge on any atom is -0.451 e. The zero-order valence-electron chi connectivity index (χ0n) is 18.2. The minimum atomic E-state index is -1.05. The molecule has 3 aromatic carbocycles. The van der Waals surface area contributed by atoms with Crippen molar-refractivity contribution in [2.45, 2.75) is 13.0 Å². The van der Waals surface area contributed by atoms with Crippen molar-refractivity contribution < 1.29 is 19.1 Å². The molecule has 0 aliphatic heterocycles. The van der Waals surface area contributed by atoms with E-state index in [1.54, 1.807) is 6.07 Å². The van der Waals surface area contributed by atoms with Crippen LogP contribution >= 0.6 is 22.9 Å². The summed E-state index contributed by atoms with van der Waals surface area (Å²) in [5.74, 6) is -1.68. The SMILES string of the molecule is CC(OC(=O)CNC(=O)c1sc2ccccc2c1Cl)C(=O)Nc1ccccc1-c1ccccc1. The molecule has 1 unspecified atom stereocenters. The summed E-state index contributed by atoms with van der Waals surface area (Å²) in [6.45, 7) is 1.09. The first-order chi connectivity index (χ1) is 16.4. The average molecular weight is 493 g/mol. The van der Waals surface area contributed by atoms with E-state index < -0.39 is 23.9 Å². The van der Waals surface area contributed by atoms with E-state index in [1.807, 2.05) is 72.8 Å². The first-order valence-electron chi connectivity index (χ1n) is 10.5. The summed E-state index contributed by atoms with van der Waals surface area (Å²) in [7, 11) is 0. The summed E-state index contributed by atoms with van der Waals surface area (Å²) in [5, 5.41) is 6.44. The van der Waals surface area contributed by atoms with Crippen LogP contribution in [0.3, 0.4) is 0 Å². The van der Waals surface area contributed by atoms with Gasteiger partial charge in [0.2, 0.25) is 0 Å². The second-order valence-corrected chi connectivity index (χ2v) is 8.89. The van der Waals surface area contributed by atoms with Crippen molar-refractivity contribution in [1.29, 1.82) is 0 Å². The lowest BCUT2D eigenvalue weighted by Crippen LogP contribution is -2.35. The highest BCUT2D eigenvalue weighted by Crippen LogP contribution is 2.35. The third-order valence-electron chi connectivity index (χ3n) is 5.08. The monoisotopic (exact) mass is 492 g/mol. The van der Waals surface area contributed by atoms with E-state index in [0.29, 0.717) is 15.6 Å². The number of hydrogen-bond donors (Lipinski definition) is 2. The van der Waals surface area contributed by atoms with E-state index in [0.717, 1.165) is 21.2 Å². The Kier molecular flexibility index (Phi) is 7.25. The van der Waals surface area contributed by atoms with E-state index in [9.17, 15) is 14.4 Å². The quantitative estimate of drug-likeness (QED) is 0.332. The standard InChI is InChI=1S/C26H21ClN2O4S/c1-16(25(31)29-20-13-7-5-11-18(20)17-9-3-2-4-10-17)33-22(30)15-28-26(32)24-23(27)19-12-6-8-14-21(19)34-24/h2-14,16H,15H2,1H3,(H,28,32)(H,29,31). The number of fused-ring (bicyclic) bond motifs is 1. The molecule has 4 aromatic rings. The third kappa shape index (κ3) is 5.27. The lowest BCUT2D eigenvalue weighted by Gasteiger charge is -2.16. The van der Waals surface area contributed by atoms with Gasteiger partial charge in [0, 0.05) is 21.3 Å². The van der Waals surface area contributed by atoms with Gasteiger partial charge in [-0.2, -0.15) is 0 Å². The molecular formula is C26H21ClN2O4S. The molecule has 0 radical (unpaired) electrons. The van der Waals surface area contributed by atoms with Gasteiger partial charge in [0.15, 0.2) is 6.10 Å². The molecule has 1 atom stereocenters. The second kappa shape index (κ2) is 10.5. The molecule has 34 heavy (non-hydrogen) atoms. The molecule has 0 aliphatic rings. The van der Waals surface area contributed by atoms with Crippen molar-refractivity contribution in [3.05, 3.63) is 88.8 Å². The van der Waals surface area contributed by atoms with E-state index >= 15 is 0 Å². The number of anilines is 1. The molecule has 4 rings (SSSR count). The highest BCUT2D eigenvalue weighted by molar-refractivity contribution is 7.21. The van der Waals surface area contributed by atoms with E-state index in [2.05, 4.69) is 10.6 Å². The molecular weight excluding hydrogens is 472 g/mol. The van der Waals surface area contributed by atoms with Gasteiger partial charge < -0.3 is 15.4 Å². The number of rotatable bonds is 7. The van der Waals surface area contributed by atoms with Crippen LogP contribution in [0.4, 0.5) is 5.69 Å². The van der Waals surface area contributed by atoms with Gasteiger partial charge in [-0.1, -0.05) is 78.3 Å². The van der Waals surface area contributed by atoms with Crippen LogP contribution in [0.1, 0.15) is 16.6 Å². The van der Waals surface area contributed by atoms with Gasteiger partial charge in [0.25, 0.3) is 11.8 Å². The molecule has 0 fully saturated rings. The number of halogens is 1. The molecule has 0 spiro atoms. The molecule has 1 heterocycles. The topological polar surface area (TPSA) is 84.5 Å². The number of thiophene rings is 1. The van der Waals surface area contributed by atoms with Crippen LogP contribution in [0.2, 0.25) is 5.02 Å². The number of amides is 2. The van der Waals surface area contributed by atoms with Crippen LogP contribution in [0.25, 0.3) is 21.2 Å². The van der Waals surface area contributed by atoms with Crippen LogP contribution in [-0.2, 0) is 14.3 Å². The van der Waals surface area contributed by atoms with Crippen LogP contribution in [-0.4, -0.2) is 30.4 Å². The maximum Gasteiger partial charge on any atom is 0.326 e. The molecule has 172 valence electrons. The number of carbonyl (C=O) groups excluding carboxylic acids is 3. The van der Waals surface area contributed by atoms with Crippen LogP contribution in [0.15, 0.2) is 78.9 Å². The number of benzene rings is 3. The summed E-state index contributed by atoms with van der Waals surface area (Å²) in [4.78, 5) is 37.7. The number of hydrogen-bond acceptors (Lipinski definition) is 5. The van der Waals surface area contributed by atoms with Crippen LogP contribution in [0, 0.1) is 0 Å². The minimum absolute atomic E-state index is 0.318. The summed E-state index contributed by atoms with van der Waals surface area (Å²) in [6, 6.07) is 24.4. The number of esters is 1. The molecule has 0 saturated carbocycles. The largest absolute Gasteiger partial charge is 0.451 e. The predicted molar refractivity (Wildman–Crippen MR) is 135 cm³/mol. The number of ether oxygens (including phenoxy) is 1. The molecule has 6 nitrogen and oxygen atoms in total. The van der Waals surface area contributed by atoms with Gasteiger partial charge in [-0.15, -0.1) is 11.3 Å².